The summed E-state index contributed by atoms with van der Waals surface area (Å²) in [6.07, 6.45) is 3.29. The lowest BCUT2D eigenvalue weighted by Crippen LogP contribution is -2.52. The molecule has 0 aliphatic carbocycles. The van der Waals surface area contributed by atoms with Gasteiger partial charge in [-0.25, -0.2) is 20.1 Å². The summed E-state index contributed by atoms with van der Waals surface area (Å²) in [6.45, 7) is 6.55. The second-order valence-corrected chi connectivity index (χ2v) is 8.63. The number of nitrogens with one attached hydrogen (secondary N) is 1. The van der Waals surface area contributed by atoms with Gasteiger partial charge in [-0.3, -0.25) is 14.8 Å². The number of likely N-dealkylation sites (tertiary alicyclic amines) is 1. The number of ether oxygens (including phenoxy) is 1. The molecule has 3 unspecified atom stereocenters. The van der Waals surface area contributed by atoms with Gasteiger partial charge in [0.05, 0.1) is 18.7 Å². The molecule has 158 valence electrons. The maximum atomic E-state index is 12.4. The van der Waals surface area contributed by atoms with Crippen molar-refractivity contribution in [2.24, 2.45) is 0 Å². The fourth-order valence-electron chi connectivity index (χ4n) is 3.93. The third kappa shape index (κ3) is 4.49. The lowest BCUT2D eigenvalue weighted by Gasteiger charge is -2.36. The number of urea groups is 1. The van der Waals surface area contributed by atoms with Gasteiger partial charge in [-0.15, -0.1) is 0 Å². The number of hydrogen-bond acceptors (Lipinski definition) is 6. The van der Waals surface area contributed by atoms with Crippen molar-refractivity contribution in [2.75, 3.05) is 19.7 Å². The molecule has 10 heteroatoms. The molecule has 28 heavy (non-hydrogen) atoms. The van der Waals surface area contributed by atoms with Gasteiger partial charge < -0.3 is 14.5 Å². The number of hydroxylamine groups is 3. The van der Waals surface area contributed by atoms with E-state index in [1.54, 1.807) is 4.90 Å². The van der Waals surface area contributed by atoms with Crippen LogP contribution in [0.25, 0.3) is 0 Å². The van der Waals surface area contributed by atoms with Crippen LogP contribution in [0.4, 0.5) is 9.59 Å². The Morgan fingerprint density at radius 1 is 1.21 bits per heavy atom. The first-order valence-electron chi connectivity index (χ1n) is 9.87. The van der Waals surface area contributed by atoms with E-state index >= 15 is 0 Å². The fourth-order valence-corrected chi connectivity index (χ4v) is 3.93. The first kappa shape index (κ1) is 20.7. The third-order valence-corrected chi connectivity index (χ3v) is 5.35. The first-order chi connectivity index (χ1) is 13.2. The maximum Gasteiger partial charge on any atom is 0.410 e. The monoisotopic (exact) mass is 398 g/mol. The molecule has 0 saturated carbocycles. The number of fused-ring (bicyclic) bond motifs is 2. The fraction of sp³-hybridized carbons (Fsp3) is 0.833. The Morgan fingerprint density at radius 2 is 1.96 bits per heavy atom. The molecule has 0 spiro atoms. The van der Waals surface area contributed by atoms with E-state index < -0.39 is 23.6 Å². The van der Waals surface area contributed by atoms with Crippen molar-refractivity contribution in [3.05, 3.63) is 0 Å². The number of piperidine rings is 2. The summed E-state index contributed by atoms with van der Waals surface area (Å²) in [6, 6.07) is -1.64. The van der Waals surface area contributed by atoms with Crippen LogP contribution < -0.4 is 5.48 Å². The second-order valence-electron chi connectivity index (χ2n) is 8.63. The molecule has 3 atom stereocenters. The zero-order chi connectivity index (χ0) is 20.5. The molecule has 3 rings (SSSR count). The van der Waals surface area contributed by atoms with Crippen LogP contribution in [0.2, 0.25) is 0 Å². The van der Waals surface area contributed by atoms with E-state index in [-0.39, 0.29) is 24.8 Å². The van der Waals surface area contributed by atoms with Gasteiger partial charge in [0.25, 0.3) is 5.91 Å². The molecule has 2 bridgehead atoms. The van der Waals surface area contributed by atoms with Crippen LogP contribution in [-0.4, -0.2) is 81.5 Å². The molecule has 10 nitrogen and oxygen atoms in total. The highest BCUT2D eigenvalue weighted by Crippen LogP contribution is 2.28. The molecule has 4 amide bonds. The summed E-state index contributed by atoms with van der Waals surface area (Å²) in [7, 11) is 0. The van der Waals surface area contributed by atoms with E-state index in [1.807, 2.05) is 20.8 Å². The Hall–Kier alpha value is -2.07. The molecule has 0 aromatic rings. The smallest absolute Gasteiger partial charge is 0.410 e. The van der Waals surface area contributed by atoms with Crippen LogP contribution in [0.3, 0.4) is 0 Å². The summed E-state index contributed by atoms with van der Waals surface area (Å²) in [5.74, 6) is -0.415. The van der Waals surface area contributed by atoms with E-state index in [1.165, 1.54) is 4.90 Å². The molecule has 3 aliphatic heterocycles. The Balaban J connectivity index is 1.50. The standard InChI is InChI=1S/C18H30N4O6/c1-18(2,3)28-17(25)20-9-5-4-6-13(20)11-27-19-15(23)14-8-7-12-10-21(14)16(24)22(12)26/h12-14,26H,4-11H2,1-3H3,(H,19,23). The first-order valence-corrected chi connectivity index (χ1v) is 9.87. The minimum atomic E-state index is -0.658. The summed E-state index contributed by atoms with van der Waals surface area (Å²) >= 11 is 0. The highest BCUT2D eigenvalue weighted by molar-refractivity contribution is 5.87. The van der Waals surface area contributed by atoms with Crippen LogP contribution in [-0.2, 0) is 14.4 Å². The lowest BCUT2D eigenvalue weighted by atomic mass is 10.0. The van der Waals surface area contributed by atoms with E-state index in [4.69, 9.17) is 9.57 Å². The number of hydrogen-bond donors (Lipinski definition) is 2. The highest BCUT2D eigenvalue weighted by Gasteiger charge is 2.46. The zero-order valence-electron chi connectivity index (χ0n) is 16.7. The Labute approximate surface area is 164 Å². The minimum Gasteiger partial charge on any atom is -0.444 e. The SMILES string of the molecule is CC(C)(C)OC(=O)N1CCCCC1CONC(=O)C1CCC2CN1C(=O)N2O. The molecule has 2 N–H and O–H groups in total. The van der Waals surface area contributed by atoms with E-state index in [9.17, 15) is 19.6 Å². The zero-order valence-corrected chi connectivity index (χ0v) is 16.7. The van der Waals surface area contributed by atoms with Crippen LogP contribution in [0.5, 0.6) is 0 Å². The average molecular weight is 398 g/mol. The topological polar surface area (TPSA) is 112 Å². The average Bonchev–Trinajstić information content (AvgIpc) is 2.85. The highest BCUT2D eigenvalue weighted by atomic mass is 16.7. The van der Waals surface area contributed by atoms with Gasteiger partial charge in [-0.05, 0) is 52.9 Å². The number of carbonyl (C=O) groups excluding carboxylic acids is 3. The Morgan fingerprint density at radius 3 is 2.68 bits per heavy atom. The van der Waals surface area contributed by atoms with Crippen molar-refractivity contribution < 1.29 is 29.2 Å². The molecule has 0 radical (unpaired) electrons. The van der Waals surface area contributed by atoms with Crippen molar-refractivity contribution in [3.63, 3.8) is 0 Å². The minimum absolute atomic E-state index is 0.153. The van der Waals surface area contributed by atoms with Gasteiger partial charge in [0.1, 0.15) is 11.6 Å². The predicted molar refractivity (Wildman–Crippen MR) is 97.2 cm³/mol. The molecular weight excluding hydrogens is 368 g/mol. The molecule has 3 heterocycles. The summed E-state index contributed by atoms with van der Waals surface area (Å²) < 4.78 is 5.46. The number of nitrogens with zero attached hydrogens (tertiary/aromatic N) is 3. The molecule has 0 aromatic heterocycles. The van der Waals surface area contributed by atoms with Crippen molar-refractivity contribution in [1.82, 2.24) is 20.3 Å². The van der Waals surface area contributed by atoms with E-state index in [2.05, 4.69) is 5.48 Å². The lowest BCUT2D eigenvalue weighted by molar-refractivity contribution is -0.140. The Bertz CT molecular complexity index is 622. The Kier molecular flexibility index (Phi) is 5.99. The van der Waals surface area contributed by atoms with Crippen LogP contribution in [0.1, 0.15) is 52.9 Å². The largest absolute Gasteiger partial charge is 0.444 e. The number of carbonyl (C=O) groups is 3. The van der Waals surface area contributed by atoms with Crippen molar-refractivity contribution in [3.8, 4) is 0 Å². The van der Waals surface area contributed by atoms with Crippen molar-refractivity contribution in [1.29, 1.82) is 0 Å². The molecule has 0 aromatic carbocycles. The van der Waals surface area contributed by atoms with E-state index in [0.717, 1.165) is 19.3 Å². The summed E-state index contributed by atoms with van der Waals surface area (Å²) in [4.78, 5) is 45.3. The quantitative estimate of drug-likeness (QED) is 0.548. The maximum absolute atomic E-state index is 12.4. The van der Waals surface area contributed by atoms with Gasteiger partial charge in [0.2, 0.25) is 0 Å². The van der Waals surface area contributed by atoms with Crippen LogP contribution >= 0.6 is 0 Å². The molecular formula is C18H30N4O6. The molecule has 3 fully saturated rings. The number of amides is 4. The van der Waals surface area contributed by atoms with Gasteiger partial charge in [0.15, 0.2) is 0 Å². The van der Waals surface area contributed by atoms with Crippen molar-refractivity contribution in [2.45, 2.75) is 76.6 Å². The summed E-state index contributed by atoms with van der Waals surface area (Å²) in [5.41, 5.74) is 1.84. The summed E-state index contributed by atoms with van der Waals surface area (Å²) in [5, 5.41) is 10.4. The third-order valence-electron chi connectivity index (χ3n) is 5.35. The van der Waals surface area contributed by atoms with Crippen LogP contribution in [0.15, 0.2) is 0 Å². The predicted octanol–water partition coefficient (Wildman–Crippen LogP) is 1.48. The number of rotatable bonds is 4. The normalized spacial score (nSPS) is 27.8. The molecule has 3 aliphatic rings. The van der Waals surface area contributed by atoms with Crippen molar-refractivity contribution >= 4 is 18.0 Å². The van der Waals surface area contributed by atoms with Gasteiger partial charge in [-0.1, -0.05) is 0 Å². The van der Waals surface area contributed by atoms with Gasteiger partial charge in [0, 0.05) is 13.1 Å². The van der Waals surface area contributed by atoms with Gasteiger partial charge in [-0.2, -0.15) is 0 Å². The second kappa shape index (κ2) is 8.12. The van der Waals surface area contributed by atoms with Gasteiger partial charge >= 0.3 is 12.1 Å². The van der Waals surface area contributed by atoms with E-state index in [0.29, 0.717) is 31.0 Å². The van der Waals surface area contributed by atoms with Crippen LogP contribution in [0, 0.1) is 0 Å². The molecule has 3 saturated heterocycles.